The van der Waals surface area contributed by atoms with E-state index in [1.807, 2.05) is 36.4 Å². The lowest BCUT2D eigenvalue weighted by Gasteiger charge is -2.50. The number of phenols is 1. The fourth-order valence-electron chi connectivity index (χ4n) is 8.34. The van der Waals surface area contributed by atoms with Gasteiger partial charge in [-0.3, -0.25) is 29.0 Å². The fraction of sp³-hybridized carbons (Fsp3) is 0.333. The Balaban J connectivity index is 1.25. The largest absolute Gasteiger partial charge is 0.502 e. The summed E-state index contributed by atoms with van der Waals surface area (Å²) in [6.07, 6.45) is 5.66. The van der Waals surface area contributed by atoms with E-state index < -0.39 is 51.1 Å². The lowest BCUT2D eigenvalue weighted by molar-refractivity contribution is -0.138. The van der Waals surface area contributed by atoms with Crippen LogP contribution in [0.15, 0.2) is 66.2 Å². The number of allylic oxidation sites excluding steroid dienone is 2. The lowest BCUT2D eigenvalue weighted by atomic mass is 9.56. The van der Waals surface area contributed by atoms with Crippen molar-refractivity contribution in [1.82, 2.24) is 4.90 Å². The molecule has 4 amide bonds. The van der Waals surface area contributed by atoms with Crippen molar-refractivity contribution in [3.05, 3.63) is 82.9 Å². The number of carbonyl (C=O) groups excluding carboxylic acids is 4. The maximum Gasteiger partial charge on any atom is 0.253 e. The van der Waals surface area contributed by atoms with Gasteiger partial charge in [-0.2, -0.15) is 0 Å². The van der Waals surface area contributed by atoms with Crippen molar-refractivity contribution < 1.29 is 43.2 Å². The number of likely N-dealkylation sites (tertiary alicyclic amines) is 1. The van der Waals surface area contributed by atoms with E-state index in [1.165, 1.54) is 38.3 Å². The second-order valence-electron chi connectivity index (χ2n) is 13.3. The number of anilines is 1. The standard InChI is InChI=1S/C39H36Cl2N2O9/c1-42-36(47)38(40)19-27-25(32(39(38,41)37(42)48)22-17-29(51-4)33(44)30(18-22)52-5)13-14-26-31(27)35(46)43(34(26)45)23-10-7-20(8-11-23)6-9-21-16-24(49-2)12-15-28(21)50-3/h6-13,15-18,26-27,31-32,44H,14,19H2,1-5H3/t26-,27+,31-,32-,38+,39-/m0/s1. The number of fused-ring (bicyclic) bond motifs is 4. The molecule has 0 aromatic heterocycles. The highest BCUT2D eigenvalue weighted by Gasteiger charge is 2.76. The molecule has 3 aromatic rings. The summed E-state index contributed by atoms with van der Waals surface area (Å²) in [5.41, 5.74) is 3.03. The Morgan fingerprint density at radius 2 is 1.44 bits per heavy atom. The zero-order valence-corrected chi connectivity index (χ0v) is 30.5. The number of rotatable bonds is 8. The van der Waals surface area contributed by atoms with Crippen molar-refractivity contribution in [2.24, 2.45) is 17.8 Å². The Hall–Kier alpha value is -5.00. The molecule has 2 heterocycles. The first-order chi connectivity index (χ1) is 24.8. The molecule has 13 heteroatoms. The highest BCUT2D eigenvalue weighted by Crippen LogP contribution is 2.66. The minimum atomic E-state index is -1.99. The zero-order chi connectivity index (χ0) is 37.3. The van der Waals surface area contributed by atoms with Crippen LogP contribution in [0.4, 0.5) is 5.69 Å². The molecule has 3 fully saturated rings. The molecule has 11 nitrogen and oxygen atoms in total. The highest BCUT2D eigenvalue weighted by molar-refractivity contribution is 6.53. The van der Waals surface area contributed by atoms with Gasteiger partial charge in [-0.15, -0.1) is 23.2 Å². The third-order valence-corrected chi connectivity index (χ3v) is 12.3. The molecule has 2 aliphatic carbocycles. The molecular formula is C39H36Cl2N2O9. The molecule has 0 spiro atoms. The van der Waals surface area contributed by atoms with E-state index in [2.05, 4.69) is 0 Å². The summed E-state index contributed by atoms with van der Waals surface area (Å²) < 4.78 is 21.6. The van der Waals surface area contributed by atoms with Gasteiger partial charge in [-0.05, 0) is 72.4 Å². The van der Waals surface area contributed by atoms with Crippen LogP contribution in [0.5, 0.6) is 28.7 Å². The van der Waals surface area contributed by atoms with Gasteiger partial charge in [0.1, 0.15) is 11.5 Å². The normalized spacial score (nSPS) is 28.1. The number of amides is 4. The van der Waals surface area contributed by atoms with Crippen LogP contribution in [0.25, 0.3) is 12.2 Å². The fourth-order valence-corrected chi connectivity index (χ4v) is 9.36. The number of nitrogens with zero attached hydrogens (tertiary/aromatic N) is 2. The van der Waals surface area contributed by atoms with Crippen LogP contribution in [0.3, 0.4) is 0 Å². The molecule has 270 valence electrons. The molecular weight excluding hydrogens is 711 g/mol. The van der Waals surface area contributed by atoms with Crippen molar-refractivity contribution in [2.45, 2.75) is 28.5 Å². The Morgan fingerprint density at radius 1 is 0.788 bits per heavy atom. The van der Waals surface area contributed by atoms with Crippen LogP contribution in [0.1, 0.15) is 35.4 Å². The van der Waals surface area contributed by atoms with E-state index in [4.69, 9.17) is 42.1 Å². The third kappa shape index (κ3) is 5.00. The van der Waals surface area contributed by atoms with Crippen LogP contribution in [-0.2, 0) is 19.2 Å². The molecule has 7 rings (SSSR count). The number of aromatic hydroxyl groups is 1. The van der Waals surface area contributed by atoms with Gasteiger partial charge in [0.25, 0.3) is 11.8 Å². The van der Waals surface area contributed by atoms with Crippen molar-refractivity contribution in [3.8, 4) is 28.7 Å². The minimum Gasteiger partial charge on any atom is -0.502 e. The summed E-state index contributed by atoms with van der Waals surface area (Å²) in [5, 5.41) is 10.7. The van der Waals surface area contributed by atoms with Crippen LogP contribution in [-0.4, -0.2) is 78.9 Å². The Labute approximate surface area is 310 Å². The van der Waals surface area contributed by atoms with Gasteiger partial charge in [-0.1, -0.05) is 35.9 Å². The Kier molecular flexibility index (Phi) is 8.78. The van der Waals surface area contributed by atoms with Crippen molar-refractivity contribution in [1.29, 1.82) is 0 Å². The summed E-state index contributed by atoms with van der Waals surface area (Å²) in [6, 6.07) is 15.6. The number of ether oxygens (including phenoxy) is 4. The SMILES string of the molecule is COc1ccc(OC)c(C=Cc2ccc(N3C(=O)[C@H]4[C@H](CC=C5[C@H]4C[C@@]4(Cl)C(=O)N(C)C(=O)[C@@]4(Cl)[C@H]5c4cc(OC)c(O)c(OC)c4)C3=O)cc2)c1. The van der Waals surface area contributed by atoms with Crippen molar-refractivity contribution >= 4 is 64.7 Å². The highest BCUT2D eigenvalue weighted by atomic mass is 35.5. The van der Waals surface area contributed by atoms with Crippen LogP contribution < -0.4 is 23.8 Å². The maximum atomic E-state index is 14.4. The summed E-state index contributed by atoms with van der Waals surface area (Å²) >= 11 is 14.6. The number of methoxy groups -OCH3 is 4. The zero-order valence-electron chi connectivity index (χ0n) is 29.0. The average molecular weight is 748 g/mol. The number of benzene rings is 3. The van der Waals surface area contributed by atoms with Crippen LogP contribution >= 0.6 is 23.2 Å². The number of hydrogen-bond donors (Lipinski definition) is 1. The van der Waals surface area contributed by atoms with Crippen LogP contribution in [0, 0.1) is 17.8 Å². The quantitative estimate of drug-likeness (QED) is 0.132. The molecule has 0 radical (unpaired) electrons. The average Bonchev–Trinajstić information content (AvgIpc) is 3.48. The molecule has 2 aliphatic heterocycles. The first kappa shape index (κ1) is 35.4. The van der Waals surface area contributed by atoms with Gasteiger partial charge in [0.2, 0.25) is 17.6 Å². The number of alkyl halides is 2. The van der Waals surface area contributed by atoms with E-state index in [1.54, 1.807) is 38.5 Å². The van der Waals surface area contributed by atoms with Gasteiger partial charge in [0, 0.05) is 18.5 Å². The van der Waals surface area contributed by atoms with E-state index in [-0.39, 0.29) is 36.0 Å². The minimum absolute atomic E-state index is 0.0514. The predicted octanol–water partition coefficient (Wildman–Crippen LogP) is 5.79. The summed E-state index contributed by atoms with van der Waals surface area (Å²) in [6.45, 7) is 0. The van der Waals surface area contributed by atoms with Gasteiger partial charge in [0.15, 0.2) is 21.2 Å². The van der Waals surface area contributed by atoms with Gasteiger partial charge in [0.05, 0.1) is 46.0 Å². The van der Waals surface area contributed by atoms with Crippen molar-refractivity contribution in [3.63, 3.8) is 0 Å². The molecule has 2 saturated heterocycles. The molecule has 0 unspecified atom stereocenters. The second kappa shape index (κ2) is 12.9. The molecule has 1 saturated carbocycles. The summed E-state index contributed by atoms with van der Waals surface area (Å²) in [7, 11) is 7.23. The monoisotopic (exact) mass is 746 g/mol. The van der Waals surface area contributed by atoms with Crippen LogP contribution in [0.2, 0.25) is 0 Å². The first-order valence-electron chi connectivity index (χ1n) is 16.6. The first-order valence-corrected chi connectivity index (χ1v) is 17.3. The molecule has 6 atom stereocenters. The van der Waals surface area contributed by atoms with E-state index in [0.29, 0.717) is 28.3 Å². The molecule has 3 aromatic carbocycles. The number of imide groups is 2. The Morgan fingerprint density at radius 3 is 2.06 bits per heavy atom. The summed E-state index contributed by atoms with van der Waals surface area (Å²) in [4.78, 5) is 54.3. The maximum absolute atomic E-state index is 14.4. The van der Waals surface area contributed by atoms with Gasteiger partial charge in [-0.25, -0.2) is 0 Å². The number of phenolic OH excluding ortho intramolecular Hbond substituents is 1. The lowest BCUT2D eigenvalue weighted by Crippen LogP contribution is -2.60. The van der Waals surface area contributed by atoms with Gasteiger partial charge >= 0.3 is 0 Å². The predicted molar refractivity (Wildman–Crippen MR) is 194 cm³/mol. The molecule has 4 aliphatic rings. The smallest absolute Gasteiger partial charge is 0.253 e. The number of hydrogen-bond acceptors (Lipinski definition) is 9. The molecule has 1 N–H and O–H groups in total. The van der Waals surface area contributed by atoms with E-state index in [0.717, 1.165) is 16.0 Å². The van der Waals surface area contributed by atoms with E-state index in [9.17, 15) is 24.3 Å². The summed E-state index contributed by atoms with van der Waals surface area (Å²) in [5.74, 6) is -4.34. The molecule has 52 heavy (non-hydrogen) atoms. The number of halogens is 2. The second-order valence-corrected chi connectivity index (χ2v) is 14.6. The number of carbonyl (C=O) groups is 4. The third-order valence-electron chi connectivity index (χ3n) is 10.9. The van der Waals surface area contributed by atoms with Gasteiger partial charge < -0.3 is 24.1 Å². The Bertz CT molecular complexity index is 2060. The molecule has 0 bridgehead atoms. The van der Waals surface area contributed by atoms with E-state index >= 15 is 0 Å². The van der Waals surface area contributed by atoms with Crippen molar-refractivity contribution in [2.75, 3.05) is 40.4 Å². The topological polar surface area (TPSA) is 132 Å².